The molecule has 0 aliphatic carbocycles. The number of nitrogens with one attached hydrogen (secondary N) is 1. The van der Waals surface area contributed by atoms with Gasteiger partial charge in [0.25, 0.3) is 5.56 Å². The van der Waals surface area contributed by atoms with Crippen molar-refractivity contribution in [3.05, 3.63) is 51.2 Å². The number of hydrogen-bond donors (Lipinski definition) is 1. The molecule has 0 bridgehead atoms. The molecule has 1 aromatic carbocycles. The summed E-state index contributed by atoms with van der Waals surface area (Å²) in [5, 5.41) is 0. The van der Waals surface area contributed by atoms with Crippen LogP contribution in [0.2, 0.25) is 0 Å². The van der Waals surface area contributed by atoms with Crippen LogP contribution in [0.25, 0.3) is 0 Å². The number of nitrogens with zero attached hydrogens (tertiary/aromatic N) is 1. The molecule has 20 heavy (non-hydrogen) atoms. The molecule has 106 valence electrons. The fourth-order valence-electron chi connectivity index (χ4n) is 1.91. The van der Waals surface area contributed by atoms with Crippen molar-refractivity contribution in [2.45, 2.75) is 13.0 Å². The Morgan fingerprint density at radius 1 is 1.20 bits per heavy atom. The number of H-pyrrole nitrogens is 1. The Balaban J connectivity index is 2.14. The van der Waals surface area contributed by atoms with Crippen LogP contribution in [0.4, 0.5) is 0 Å². The van der Waals surface area contributed by atoms with E-state index in [1.165, 1.54) is 6.07 Å². The monoisotopic (exact) mass is 292 g/mol. The van der Waals surface area contributed by atoms with Crippen LogP contribution in [-0.2, 0) is 13.0 Å². The molecule has 1 heterocycles. The molecule has 0 saturated carbocycles. The number of rotatable bonds is 5. The zero-order chi connectivity index (χ0) is 14.5. The third-order valence-electron chi connectivity index (χ3n) is 2.99. The number of methoxy groups -OCH3 is 2. The second kappa shape index (κ2) is 6.38. The highest BCUT2D eigenvalue weighted by Gasteiger charge is 2.04. The fourth-order valence-corrected chi connectivity index (χ4v) is 2.16. The van der Waals surface area contributed by atoms with Crippen molar-refractivity contribution < 1.29 is 9.47 Å². The summed E-state index contributed by atoms with van der Waals surface area (Å²) in [6.45, 7) is 0.686. The standard InChI is InChI=1S/C14H16N2O3S/c1-18-11-4-3-10(9-12(11)19-2)5-7-16-8-6-13(17)15-14(16)20/h3-4,6,8-9H,5,7H2,1-2H3,(H,15,17,20). The van der Waals surface area contributed by atoms with Gasteiger partial charge < -0.3 is 14.0 Å². The minimum atomic E-state index is -0.183. The molecule has 0 saturated heterocycles. The van der Waals surface area contributed by atoms with Crippen LogP contribution >= 0.6 is 12.2 Å². The predicted octanol–water partition coefficient (Wildman–Crippen LogP) is 2.17. The lowest BCUT2D eigenvalue weighted by molar-refractivity contribution is 0.354. The maximum atomic E-state index is 11.1. The molecular formula is C14H16N2O3S. The maximum absolute atomic E-state index is 11.1. The highest BCUT2D eigenvalue weighted by molar-refractivity contribution is 7.71. The summed E-state index contributed by atoms with van der Waals surface area (Å²) in [4.78, 5) is 13.7. The van der Waals surface area contributed by atoms with Crippen molar-refractivity contribution in [2.24, 2.45) is 0 Å². The smallest absolute Gasteiger partial charge is 0.251 e. The molecule has 5 nitrogen and oxygen atoms in total. The molecule has 6 heteroatoms. The highest BCUT2D eigenvalue weighted by Crippen LogP contribution is 2.27. The van der Waals surface area contributed by atoms with Gasteiger partial charge in [-0.1, -0.05) is 6.07 Å². The van der Waals surface area contributed by atoms with Crippen molar-refractivity contribution in [1.29, 1.82) is 0 Å². The molecule has 0 fully saturated rings. The van der Waals surface area contributed by atoms with Crippen molar-refractivity contribution in [3.8, 4) is 11.5 Å². The first-order valence-electron chi connectivity index (χ1n) is 6.14. The van der Waals surface area contributed by atoms with Crippen molar-refractivity contribution >= 4 is 12.2 Å². The molecular weight excluding hydrogens is 276 g/mol. The van der Waals surface area contributed by atoms with Crippen LogP contribution < -0.4 is 15.0 Å². The maximum Gasteiger partial charge on any atom is 0.251 e. The summed E-state index contributed by atoms with van der Waals surface area (Å²) in [5.74, 6) is 1.41. The second-order valence-electron chi connectivity index (χ2n) is 4.24. The minimum Gasteiger partial charge on any atom is -0.493 e. The van der Waals surface area contributed by atoms with E-state index >= 15 is 0 Å². The average Bonchev–Trinajstić information content (AvgIpc) is 2.46. The molecule has 2 aromatic rings. The van der Waals surface area contributed by atoms with Gasteiger partial charge in [-0.15, -0.1) is 0 Å². The Hall–Kier alpha value is -2.08. The second-order valence-corrected chi connectivity index (χ2v) is 4.63. The van der Waals surface area contributed by atoms with Gasteiger partial charge in [0.2, 0.25) is 0 Å². The summed E-state index contributed by atoms with van der Waals surface area (Å²) in [6, 6.07) is 7.26. The molecule has 0 radical (unpaired) electrons. The van der Waals surface area contributed by atoms with Crippen LogP contribution in [0.3, 0.4) is 0 Å². The van der Waals surface area contributed by atoms with Gasteiger partial charge in [-0.25, -0.2) is 0 Å². The van der Waals surface area contributed by atoms with Gasteiger partial charge in [-0.2, -0.15) is 0 Å². The van der Waals surface area contributed by atoms with Crippen molar-refractivity contribution in [1.82, 2.24) is 9.55 Å². The zero-order valence-electron chi connectivity index (χ0n) is 11.4. The molecule has 2 rings (SSSR count). The van der Waals surface area contributed by atoms with Crippen LogP contribution in [0.1, 0.15) is 5.56 Å². The number of aromatic amines is 1. The average molecular weight is 292 g/mol. The Morgan fingerprint density at radius 2 is 1.95 bits per heavy atom. The Morgan fingerprint density at radius 3 is 2.60 bits per heavy atom. The van der Waals surface area contributed by atoms with E-state index in [4.69, 9.17) is 21.7 Å². The largest absolute Gasteiger partial charge is 0.493 e. The third-order valence-corrected chi connectivity index (χ3v) is 3.32. The normalized spacial score (nSPS) is 10.3. The van der Waals surface area contributed by atoms with Crippen molar-refractivity contribution in [3.63, 3.8) is 0 Å². The minimum absolute atomic E-state index is 0.183. The molecule has 0 amide bonds. The fraction of sp³-hybridized carbons (Fsp3) is 0.286. The topological polar surface area (TPSA) is 56.2 Å². The van der Waals surface area contributed by atoms with Gasteiger partial charge in [0.05, 0.1) is 14.2 Å². The van der Waals surface area contributed by atoms with Gasteiger partial charge in [-0.3, -0.25) is 9.78 Å². The van der Waals surface area contributed by atoms with Crippen LogP contribution in [0, 0.1) is 4.77 Å². The van der Waals surface area contributed by atoms with Gasteiger partial charge in [0, 0.05) is 18.8 Å². The number of hydrogen-bond acceptors (Lipinski definition) is 4. The Labute approximate surface area is 121 Å². The molecule has 0 aliphatic rings. The first kappa shape index (κ1) is 14.3. The predicted molar refractivity (Wildman–Crippen MR) is 79.1 cm³/mol. The van der Waals surface area contributed by atoms with Crippen molar-refractivity contribution in [2.75, 3.05) is 14.2 Å². The number of benzene rings is 1. The van der Waals surface area contributed by atoms with E-state index in [1.54, 1.807) is 20.4 Å². The first-order chi connectivity index (χ1) is 9.63. The SMILES string of the molecule is COc1ccc(CCn2ccc(=O)[nH]c2=S)cc1OC. The highest BCUT2D eigenvalue weighted by atomic mass is 32.1. The molecule has 1 aromatic heterocycles. The summed E-state index contributed by atoms with van der Waals surface area (Å²) < 4.78 is 12.7. The first-order valence-corrected chi connectivity index (χ1v) is 6.55. The van der Waals surface area contributed by atoms with Crippen LogP contribution in [0.5, 0.6) is 11.5 Å². The zero-order valence-corrected chi connectivity index (χ0v) is 12.2. The lowest BCUT2D eigenvalue weighted by Gasteiger charge is -2.10. The van der Waals surface area contributed by atoms with E-state index in [9.17, 15) is 4.79 Å². The van der Waals surface area contributed by atoms with Gasteiger partial charge in [-0.05, 0) is 36.3 Å². The Bertz CT molecular complexity index is 706. The van der Waals surface area contributed by atoms with E-state index < -0.39 is 0 Å². The Kier molecular flexibility index (Phi) is 4.57. The van der Waals surface area contributed by atoms with Gasteiger partial charge >= 0.3 is 0 Å². The van der Waals surface area contributed by atoms with Gasteiger partial charge in [0.1, 0.15) is 0 Å². The summed E-state index contributed by atoms with van der Waals surface area (Å²) in [5.41, 5.74) is 0.924. The lowest BCUT2D eigenvalue weighted by Crippen LogP contribution is -2.12. The summed E-state index contributed by atoms with van der Waals surface area (Å²) in [6.07, 6.45) is 2.47. The van der Waals surface area contributed by atoms with E-state index in [-0.39, 0.29) is 5.56 Å². The van der Waals surface area contributed by atoms with E-state index in [0.29, 0.717) is 22.8 Å². The van der Waals surface area contributed by atoms with Crippen LogP contribution in [-0.4, -0.2) is 23.8 Å². The lowest BCUT2D eigenvalue weighted by atomic mass is 10.1. The third kappa shape index (κ3) is 3.27. The molecule has 0 unspecified atom stereocenters. The molecule has 0 aliphatic heterocycles. The van der Waals surface area contributed by atoms with Crippen LogP contribution in [0.15, 0.2) is 35.3 Å². The molecule has 0 atom stereocenters. The number of aromatic nitrogens is 2. The molecule has 0 spiro atoms. The van der Waals surface area contributed by atoms with E-state index in [1.807, 2.05) is 22.8 Å². The van der Waals surface area contributed by atoms with E-state index in [2.05, 4.69) is 4.98 Å². The molecule has 1 N–H and O–H groups in total. The number of ether oxygens (including phenoxy) is 2. The summed E-state index contributed by atoms with van der Waals surface area (Å²) in [7, 11) is 3.22. The quantitative estimate of drug-likeness (QED) is 0.858. The van der Waals surface area contributed by atoms with Gasteiger partial charge in [0.15, 0.2) is 16.3 Å². The summed E-state index contributed by atoms with van der Waals surface area (Å²) >= 11 is 5.11. The van der Waals surface area contributed by atoms with E-state index in [0.717, 1.165) is 12.0 Å². The number of aryl methyl sites for hydroxylation is 2.